The molecule has 1 amide bonds. The first-order valence-corrected chi connectivity index (χ1v) is 11.2. The summed E-state index contributed by atoms with van der Waals surface area (Å²) < 4.78 is 11.0. The summed E-state index contributed by atoms with van der Waals surface area (Å²) in [5.41, 5.74) is 0. The lowest BCUT2D eigenvalue weighted by Crippen LogP contribution is -2.48. The lowest BCUT2D eigenvalue weighted by atomic mass is 10.2. The van der Waals surface area contributed by atoms with E-state index >= 15 is 0 Å². The van der Waals surface area contributed by atoms with Crippen molar-refractivity contribution in [2.45, 2.75) is 13.0 Å². The number of nitrogens with zero attached hydrogens (tertiary/aromatic N) is 4. The molecule has 2 aromatic heterocycles. The van der Waals surface area contributed by atoms with Crippen molar-refractivity contribution in [2.75, 3.05) is 32.8 Å². The largest absolute Gasteiger partial charge is 0.493 e. The summed E-state index contributed by atoms with van der Waals surface area (Å²) in [6.07, 6.45) is 0.314. The SMILES string of the molecule is O=C(CCOc1ccc(Cl)c(Cl)c1)N1CCN(Cc2nc(-c3cccs3)no2)CC1. The first-order valence-electron chi connectivity index (χ1n) is 9.53. The van der Waals surface area contributed by atoms with Crippen molar-refractivity contribution in [1.29, 1.82) is 0 Å². The number of thiophene rings is 1. The van der Waals surface area contributed by atoms with E-state index in [2.05, 4.69) is 15.0 Å². The molecular weight excluding hydrogens is 447 g/mol. The van der Waals surface area contributed by atoms with Gasteiger partial charge in [-0.3, -0.25) is 9.69 Å². The third-order valence-corrected chi connectivity index (χ3v) is 6.37. The number of rotatable bonds is 7. The normalized spacial score (nSPS) is 14.8. The van der Waals surface area contributed by atoms with Crippen molar-refractivity contribution in [3.63, 3.8) is 0 Å². The molecule has 1 aliphatic heterocycles. The van der Waals surface area contributed by atoms with Crippen LogP contribution in [0.3, 0.4) is 0 Å². The van der Waals surface area contributed by atoms with Gasteiger partial charge in [0, 0.05) is 32.2 Å². The van der Waals surface area contributed by atoms with Gasteiger partial charge in [0.1, 0.15) is 5.75 Å². The van der Waals surface area contributed by atoms with Crippen LogP contribution in [0.1, 0.15) is 12.3 Å². The Morgan fingerprint density at radius 2 is 2.00 bits per heavy atom. The maximum Gasteiger partial charge on any atom is 0.241 e. The molecule has 0 atom stereocenters. The van der Waals surface area contributed by atoms with Gasteiger partial charge in [-0.1, -0.05) is 34.4 Å². The van der Waals surface area contributed by atoms with E-state index in [4.69, 9.17) is 32.5 Å². The maximum absolute atomic E-state index is 12.4. The van der Waals surface area contributed by atoms with Gasteiger partial charge in [0.2, 0.25) is 17.6 Å². The maximum atomic E-state index is 12.4. The van der Waals surface area contributed by atoms with E-state index in [1.165, 1.54) is 0 Å². The Labute approximate surface area is 188 Å². The Bertz CT molecular complexity index is 988. The highest BCUT2D eigenvalue weighted by Crippen LogP contribution is 2.26. The number of aromatic nitrogens is 2. The molecule has 1 fully saturated rings. The zero-order valence-corrected chi connectivity index (χ0v) is 18.4. The van der Waals surface area contributed by atoms with E-state index in [0.29, 0.717) is 60.2 Å². The molecule has 4 rings (SSSR count). The van der Waals surface area contributed by atoms with Crippen LogP contribution >= 0.6 is 34.5 Å². The fourth-order valence-corrected chi connectivity index (χ4v) is 4.09. The van der Waals surface area contributed by atoms with E-state index < -0.39 is 0 Å². The Kier molecular flexibility index (Phi) is 6.89. The predicted octanol–water partition coefficient (Wildman–Crippen LogP) is 4.22. The van der Waals surface area contributed by atoms with E-state index in [0.717, 1.165) is 18.0 Å². The second-order valence-electron chi connectivity index (χ2n) is 6.82. The fourth-order valence-electron chi connectivity index (χ4n) is 3.15. The Hall–Kier alpha value is -2.13. The van der Waals surface area contributed by atoms with Crippen LogP contribution in [-0.2, 0) is 11.3 Å². The molecule has 1 saturated heterocycles. The number of carbonyl (C=O) groups excluding carboxylic acids is 1. The average Bonchev–Trinajstić information content (AvgIpc) is 3.43. The topological polar surface area (TPSA) is 71.7 Å². The van der Waals surface area contributed by atoms with Crippen LogP contribution in [0, 0.1) is 0 Å². The molecule has 7 nitrogen and oxygen atoms in total. The van der Waals surface area contributed by atoms with E-state index in [-0.39, 0.29) is 5.91 Å². The smallest absolute Gasteiger partial charge is 0.241 e. The minimum absolute atomic E-state index is 0.0764. The van der Waals surface area contributed by atoms with Gasteiger partial charge in [-0.15, -0.1) is 11.3 Å². The molecule has 3 aromatic rings. The number of benzene rings is 1. The summed E-state index contributed by atoms with van der Waals surface area (Å²) in [6.45, 7) is 3.73. The number of amides is 1. The molecule has 3 heterocycles. The van der Waals surface area contributed by atoms with E-state index in [1.54, 1.807) is 29.5 Å². The summed E-state index contributed by atoms with van der Waals surface area (Å²) in [7, 11) is 0. The lowest BCUT2D eigenvalue weighted by Gasteiger charge is -2.34. The van der Waals surface area contributed by atoms with Gasteiger partial charge in [0.15, 0.2) is 0 Å². The molecule has 0 N–H and O–H groups in total. The number of halogens is 2. The van der Waals surface area contributed by atoms with Crippen molar-refractivity contribution in [3.05, 3.63) is 51.6 Å². The Balaban J connectivity index is 1.19. The van der Waals surface area contributed by atoms with E-state index in [1.807, 2.05) is 22.4 Å². The van der Waals surface area contributed by atoms with Crippen molar-refractivity contribution < 1.29 is 14.1 Å². The number of carbonyl (C=O) groups is 1. The molecule has 0 spiro atoms. The number of hydrogen-bond donors (Lipinski definition) is 0. The summed E-state index contributed by atoms with van der Waals surface area (Å²) in [4.78, 5) is 22.0. The quantitative estimate of drug-likeness (QED) is 0.518. The van der Waals surface area contributed by atoms with Crippen LogP contribution in [0.25, 0.3) is 10.7 Å². The monoisotopic (exact) mass is 466 g/mol. The minimum Gasteiger partial charge on any atom is -0.493 e. The lowest BCUT2D eigenvalue weighted by molar-refractivity contribution is -0.133. The highest BCUT2D eigenvalue weighted by molar-refractivity contribution is 7.13. The van der Waals surface area contributed by atoms with Crippen molar-refractivity contribution in [3.8, 4) is 16.5 Å². The summed E-state index contributed by atoms with van der Waals surface area (Å²) in [5, 5.41) is 6.93. The van der Waals surface area contributed by atoms with Gasteiger partial charge < -0.3 is 14.2 Å². The number of hydrogen-bond acceptors (Lipinski definition) is 7. The molecule has 1 aromatic carbocycles. The first-order chi connectivity index (χ1) is 14.6. The molecule has 0 unspecified atom stereocenters. The molecule has 1 aliphatic rings. The van der Waals surface area contributed by atoms with Crippen LogP contribution in [-0.4, -0.2) is 58.6 Å². The van der Waals surface area contributed by atoms with Crippen LogP contribution in [0.15, 0.2) is 40.2 Å². The average molecular weight is 467 g/mol. The Morgan fingerprint density at radius 3 is 2.73 bits per heavy atom. The van der Waals surface area contributed by atoms with Crippen molar-refractivity contribution >= 4 is 40.4 Å². The standard InChI is InChI=1S/C20H20Cl2N4O3S/c21-15-4-3-14(12-16(15)22)28-10-5-19(27)26-8-6-25(7-9-26)13-18-23-20(24-29-18)17-2-1-11-30-17/h1-4,11-12H,5-10,13H2. The van der Waals surface area contributed by atoms with Gasteiger partial charge in [0.25, 0.3) is 0 Å². The molecule has 30 heavy (non-hydrogen) atoms. The number of piperazine rings is 1. The van der Waals surface area contributed by atoms with Crippen LogP contribution < -0.4 is 4.74 Å². The summed E-state index contributed by atoms with van der Waals surface area (Å²) in [6, 6.07) is 8.98. The Morgan fingerprint density at radius 1 is 1.17 bits per heavy atom. The highest BCUT2D eigenvalue weighted by Gasteiger charge is 2.22. The van der Waals surface area contributed by atoms with Gasteiger partial charge in [0.05, 0.1) is 34.5 Å². The van der Waals surface area contributed by atoms with Crippen LogP contribution in [0.2, 0.25) is 10.0 Å². The third-order valence-electron chi connectivity index (χ3n) is 4.77. The van der Waals surface area contributed by atoms with Crippen LogP contribution in [0.4, 0.5) is 0 Å². The van der Waals surface area contributed by atoms with E-state index in [9.17, 15) is 4.79 Å². The molecule has 0 saturated carbocycles. The van der Waals surface area contributed by atoms with Gasteiger partial charge in [-0.2, -0.15) is 4.98 Å². The number of ether oxygens (including phenoxy) is 1. The van der Waals surface area contributed by atoms with Crippen LogP contribution in [0.5, 0.6) is 5.75 Å². The molecule has 10 heteroatoms. The molecule has 158 valence electrons. The van der Waals surface area contributed by atoms with Crippen molar-refractivity contribution in [2.24, 2.45) is 0 Å². The molecule has 0 radical (unpaired) electrons. The van der Waals surface area contributed by atoms with Gasteiger partial charge >= 0.3 is 0 Å². The summed E-state index contributed by atoms with van der Waals surface area (Å²) >= 11 is 13.4. The molecule has 0 aliphatic carbocycles. The zero-order valence-electron chi connectivity index (χ0n) is 16.1. The van der Waals surface area contributed by atoms with Gasteiger partial charge in [-0.25, -0.2) is 0 Å². The minimum atomic E-state index is 0.0764. The van der Waals surface area contributed by atoms with Crippen molar-refractivity contribution in [1.82, 2.24) is 19.9 Å². The summed E-state index contributed by atoms with van der Waals surface area (Å²) in [5.74, 6) is 1.89. The molecular formula is C20H20Cl2N4O3S. The predicted molar refractivity (Wildman–Crippen MR) is 116 cm³/mol. The first kappa shape index (κ1) is 21.1. The third kappa shape index (κ3) is 5.31. The zero-order chi connectivity index (χ0) is 20.9. The van der Waals surface area contributed by atoms with Gasteiger partial charge in [-0.05, 0) is 23.6 Å². The molecule has 0 bridgehead atoms. The second kappa shape index (κ2) is 9.78. The second-order valence-corrected chi connectivity index (χ2v) is 8.58. The highest BCUT2D eigenvalue weighted by atomic mass is 35.5. The fraction of sp³-hybridized carbons (Fsp3) is 0.350.